The van der Waals surface area contributed by atoms with E-state index in [2.05, 4.69) is 9.35 Å². The Morgan fingerprint density at radius 1 is 0.900 bits per heavy atom. The number of rotatable bonds is 3. The lowest BCUT2D eigenvalue weighted by atomic mass is 14.0. The van der Waals surface area contributed by atoms with Crippen LogP contribution in [0.5, 0.6) is 0 Å². The first kappa shape index (κ1) is 16.5. The zero-order valence-electron chi connectivity index (χ0n) is 4.84. The van der Waals surface area contributed by atoms with Crippen molar-refractivity contribution >= 4 is 16.5 Å². The van der Waals surface area contributed by atoms with Gasteiger partial charge in [-0.2, -0.15) is 0 Å². The molecule has 0 saturated heterocycles. The fraction of sp³-hybridized carbons (Fsp3) is 0. The van der Waals surface area contributed by atoms with Gasteiger partial charge in [0.25, 0.3) is 0 Å². The maximum absolute atomic E-state index is 9.47. The van der Waals surface area contributed by atoms with Crippen LogP contribution in [0.2, 0.25) is 0 Å². The minimum Gasteiger partial charge on any atom is -0.344 e. The molecule has 0 fully saturated rings. The molecule has 0 aromatic heterocycles. The molecule has 10 heteroatoms. The van der Waals surface area contributed by atoms with Crippen LogP contribution < -0.4 is 12.3 Å². The molecule has 8 nitrogen and oxygen atoms in total. The minimum absolute atomic E-state index is 0. The highest BCUT2D eigenvalue weighted by molar-refractivity contribution is 7.34. The first-order valence-electron chi connectivity index (χ1n) is 1.30. The van der Waals surface area contributed by atoms with Gasteiger partial charge < -0.3 is 12.3 Å². The van der Waals surface area contributed by atoms with Crippen LogP contribution in [0.3, 0.4) is 0 Å². The van der Waals surface area contributed by atoms with Crippen molar-refractivity contribution in [2.75, 3.05) is 0 Å². The summed E-state index contributed by atoms with van der Waals surface area (Å²) in [5.41, 5.74) is 0. The smallest absolute Gasteiger partial charge is 0.344 e. The summed E-state index contributed by atoms with van der Waals surface area (Å²) in [6.07, 6.45) is 0. The molecule has 2 unspecified atom stereocenters. The topological polar surface area (TPSA) is 163 Å². The van der Waals surface area contributed by atoms with Crippen molar-refractivity contribution in [3.63, 3.8) is 0 Å². The Morgan fingerprint density at radius 2 is 1.10 bits per heavy atom. The first-order chi connectivity index (χ1) is 3.63. The predicted octanol–water partition coefficient (Wildman–Crippen LogP) is 0.558. The third-order valence-corrected chi connectivity index (χ3v) is 0.683. The van der Waals surface area contributed by atoms with Crippen LogP contribution >= 0.6 is 16.5 Å². The Bertz CT molecular complexity index is 98.3. The molecule has 8 N–H and O–H groups in total. The third kappa shape index (κ3) is 15.7. The normalized spacial score (nSPS) is 10.6. The minimum atomic E-state index is -2.95. The van der Waals surface area contributed by atoms with Gasteiger partial charge in [-0.15, -0.1) is 9.79 Å². The largest absolute Gasteiger partial charge is 0.729 e. The van der Waals surface area contributed by atoms with E-state index in [1.54, 1.807) is 0 Å². The van der Waals surface area contributed by atoms with Crippen molar-refractivity contribution in [3.05, 3.63) is 0 Å². The summed E-state index contributed by atoms with van der Waals surface area (Å²) in [6, 6.07) is 0. The Balaban J connectivity index is -0.000000245. The average molecular weight is 194 g/mol. The van der Waals surface area contributed by atoms with Gasteiger partial charge in [-0.05, 0) is 0 Å². The summed E-state index contributed by atoms with van der Waals surface area (Å²) < 4.78 is 25.6. The summed E-state index contributed by atoms with van der Waals surface area (Å²) in [6.45, 7) is 0. The van der Waals surface area contributed by atoms with E-state index in [0.717, 1.165) is 0 Å². The molecule has 0 aliphatic rings. The van der Waals surface area contributed by atoms with E-state index in [9.17, 15) is 9.13 Å². The summed E-state index contributed by atoms with van der Waals surface area (Å²) in [7, 11) is -5.90. The monoisotopic (exact) mass is 194 g/mol. The Hall–Kier alpha value is -0.0400. The Kier molecular flexibility index (Phi) is 14.8. The molecule has 0 aliphatic carbocycles. The standard InChI is InChI=1S/2H3N.O6P2/c;;1-7(2)5-6-8(3)4/h2*1H3;/p+2. The molecule has 0 aromatic carbocycles. The molecule has 0 radical (unpaired) electrons. The second-order valence-electron chi connectivity index (χ2n) is 0.625. The fourth-order valence-corrected chi connectivity index (χ4v) is 0.513. The fourth-order valence-electron chi connectivity index (χ4n) is 0.0570. The maximum Gasteiger partial charge on any atom is 0.729 e. The first-order valence-corrected chi connectivity index (χ1v) is 3.56. The van der Waals surface area contributed by atoms with Crippen LogP contribution in [0, 0.1) is 0 Å². The molecule has 0 heterocycles. The van der Waals surface area contributed by atoms with Crippen molar-refractivity contribution < 1.29 is 28.3 Å². The van der Waals surface area contributed by atoms with Crippen molar-refractivity contribution in [1.29, 1.82) is 0 Å². The van der Waals surface area contributed by atoms with Gasteiger partial charge in [-0.3, -0.25) is 0 Å². The van der Waals surface area contributed by atoms with Crippen LogP contribution in [0.15, 0.2) is 0 Å². The second-order valence-corrected chi connectivity index (χ2v) is 1.87. The van der Waals surface area contributed by atoms with Crippen LogP contribution in [0.4, 0.5) is 0 Å². The van der Waals surface area contributed by atoms with Gasteiger partial charge >= 0.3 is 16.5 Å². The lowest BCUT2D eigenvalue weighted by molar-refractivity contribution is -0.103. The van der Waals surface area contributed by atoms with Crippen molar-refractivity contribution in [1.82, 2.24) is 12.3 Å². The summed E-state index contributed by atoms with van der Waals surface area (Å²) >= 11 is 0. The van der Waals surface area contributed by atoms with Crippen molar-refractivity contribution in [2.45, 2.75) is 0 Å². The zero-order chi connectivity index (χ0) is 6.57. The molecule has 62 valence electrons. The average Bonchev–Trinajstić information content (AvgIpc) is 1.61. The Labute approximate surface area is 58.1 Å². The van der Waals surface area contributed by atoms with Crippen molar-refractivity contribution in [2.24, 2.45) is 0 Å². The highest BCUT2D eigenvalue weighted by atomic mass is 31.1. The predicted molar refractivity (Wildman–Crippen MR) is 31.9 cm³/mol. The van der Waals surface area contributed by atoms with E-state index in [-0.39, 0.29) is 12.3 Å². The lowest BCUT2D eigenvalue weighted by Crippen LogP contribution is -1.71. The van der Waals surface area contributed by atoms with Gasteiger partial charge in [0.2, 0.25) is 0 Å². The molecule has 10 heavy (non-hydrogen) atoms. The quantitative estimate of drug-likeness (QED) is 0.287. The van der Waals surface area contributed by atoms with Crippen LogP contribution in [-0.4, -0.2) is 9.79 Å². The van der Waals surface area contributed by atoms with E-state index in [1.807, 2.05) is 0 Å². The molecule has 0 aromatic rings. The number of hydrogen-bond donors (Lipinski definition) is 4. The lowest BCUT2D eigenvalue weighted by Gasteiger charge is -1.62. The molecular weight excluding hydrogens is 186 g/mol. The highest BCUT2D eigenvalue weighted by Crippen LogP contribution is 2.24. The van der Waals surface area contributed by atoms with Gasteiger partial charge in [0.15, 0.2) is 0 Å². The van der Waals surface area contributed by atoms with Gasteiger partial charge in [0.1, 0.15) is 9.35 Å². The molecule has 0 rings (SSSR count). The van der Waals surface area contributed by atoms with E-state index >= 15 is 0 Å². The van der Waals surface area contributed by atoms with E-state index in [4.69, 9.17) is 9.79 Å². The van der Waals surface area contributed by atoms with E-state index in [0.29, 0.717) is 0 Å². The molecule has 0 amide bonds. The number of hydrogen-bond acceptors (Lipinski definition) is 6. The Morgan fingerprint density at radius 3 is 1.20 bits per heavy atom. The zero-order valence-corrected chi connectivity index (χ0v) is 6.62. The van der Waals surface area contributed by atoms with E-state index < -0.39 is 16.5 Å². The molecule has 2 atom stereocenters. The van der Waals surface area contributed by atoms with Gasteiger partial charge in [0, 0.05) is 9.13 Å². The molecular formula is H8N2O6P2+2. The summed E-state index contributed by atoms with van der Waals surface area (Å²) in [5.74, 6) is 0. The van der Waals surface area contributed by atoms with Gasteiger partial charge in [-0.25, -0.2) is 0 Å². The third-order valence-electron chi connectivity index (χ3n) is 0.161. The summed E-state index contributed by atoms with van der Waals surface area (Å²) in [4.78, 5) is 15.4. The summed E-state index contributed by atoms with van der Waals surface area (Å²) in [5, 5.41) is 0. The van der Waals surface area contributed by atoms with Crippen LogP contribution in [0.1, 0.15) is 0 Å². The van der Waals surface area contributed by atoms with Gasteiger partial charge in [-0.1, -0.05) is 0 Å². The highest BCUT2D eigenvalue weighted by Gasteiger charge is 2.25. The van der Waals surface area contributed by atoms with E-state index in [1.165, 1.54) is 0 Å². The molecule has 0 bridgehead atoms. The van der Waals surface area contributed by atoms with Crippen LogP contribution in [-0.2, 0) is 18.5 Å². The van der Waals surface area contributed by atoms with Crippen LogP contribution in [0.25, 0.3) is 0 Å². The van der Waals surface area contributed by atoms with Gasteiger partial charge in [0.05, 0.1) is 0 Å². The maximum atomic E-state index is 9.47. The van der Waals surface area contributed by atoms with Crippen molar-refractivity contribution in [3.8, 4) is 0 Å². The molecule has 0 aliphatic heterocycles. The SMILES string of the molecule is N.N.O=[P+](O)OO[P+](=O)O. The molecule has 0 spiro atoms. The molecule has 0 saturated carbocycles. The second kappa shape index (κ2) is 8.96.